The van der Waals surface area contributed by atoms with E-state index in [-0.39, 0.29) is 0 Å². The van der Waals surface area contributed by atoms with E-state index in [1.165, 1.54) is 12.0 Å². The van der Waals surface area contributed by atoms with Gasteiger partial charge in [0.1, 0.15) is 0 Å². The second-order valence-corrected chi connectivity index (χ2v) is 4.25. The summed E-state index contributed by atoms with van der Waals surface area (Å²) >= 11 is 0. The third-order valence-electron chi connectivity index (χ3n) is 2.33. The van der Waals surface area contributed by atoms with Crippen molar-refractivity contribution >= 4 is 0 Å². The smallest absolute Gasteiger partial charge is 0.0935 e. The van der Waals surface area contributed by atoms with Gasteiger partial charge in [0.2, 0.25) is 0 Å². The number of furan rings is 1. The highest BCUT2D eigenvalue weighted by Crippen LogP contribution is 2.05. The lowest BCUT2D eigenvalue weighted by Crippen LogP contribution is -2.40. The van der Waals surface area contributed by atoms with Gasteiger partial charge < -0.3 is 14.6 Å². The summed E-state index contributed by atoms with van der Waals surface area (Å²) in [5, 5.41) is 3.56. The van der Waals surface area contributed by atoms with Gasteiger partial charge >= 0.3 is 0 Å². The fourth-order valence-corrected chi connectivity index (χ4v) is 1.68. The quantitative estimate of drug-likeness (QED) is 0.743. The average Bonchev–Trinajstić information content (AvgIpc) is 2.66. The SMILES string of the molecule is CCCNC(Cc1ccoc1)CN(C)C. The molecule has 0 aliphatic rings. The van der Waals surface area contributed by atoms with Gasteiger partial charge in [-0.25, -0.2) is 0 Å². The Kier molecular flexibility index (Phi) is 5.43. The third-order valence-corrected chi connectivity index (χ3v) is 2.33. The number of nitrogens with one attached hydrogen (secondary N) is 1. The van der Waals surface area contributed by atoms with Crippen LogP contribution in [0.3, 0.4) is 0 Å². The summed E-state index contributed by atoms with van der Waals surface area (Å²) in [5.41, 5.74) is 1.27. The van der Waals surface area contributed by atoms with Crippen molar-refractivity contribution in [1.82, 2.24) is 10.2 Å². The number of rotatable bonds is 7. The second-order valence-electron chi connectivity index (χ2n) is 4.25. The largest absolute Gasteiger partial charge is 0.472 e. The van der Waals surface area contributed by atoms with Crippen molar-refractivity contribution < 1.29 is 4.42 Å². The van der Waals surface area contributed by atoms with Crippen molar-refractivity contribution in [3.8, 4) is 0 Å². The Labute approximate surface area is 92.5 Å². The highest BCUT2D eigenvalue weighted by Gasteiger charge is 2.10. The van der Waals surface area contributed by atoms with Gasteiger partial charge in [0, 0.05) is 12.6 Å². The molecule has 1 heterocycles. The van der Waals surface area contributed by atoms with E-state index >= 15 is 0 Å². The van der Waals surface area contributed by atoms with E-state index in [1.807, 2.05) is 12.3 Å². The van der Waals surface area contributed by atoms with Crippen molar-refractivity contribution in [1.29, 1.82) is 0 Å². The van der Waals surface area contributed by atoms with Crippen LogP contribution in [0.4, 0.5) is 0 Å². The Bertz CT molecular complexity index is 244. The molecule has 86 valence electrons. The molecule has 0 bridgehead atoms. The zero-order valence-electron chi connectivity index (χ0n) is 9.99. The minimum Gasteiger partial charge on any atom is -0.472 e. The topological polar surface area (TPSA) is 28.4 Å². The minimum absolute atomic E-state index is 0.512. The fraction of sp³-hybridized carbons (Fsp3) is 0.667. The summed E-state index contributed by atoms with van der Waals surface area (Å²) in [6.07, 6.45) is 5.78. The van der Waals surface area contributed by atoms with Crippen LogP contribution in [-0.4, -0.2) is 38.1 Å². The first-order chi connectivity index (χ1) is 7.22. The molecular formula is C12H22N2O. The van der Waals surface area contributed by atoms with E-state index < -0.39 is 0 Å². The maximum absolute atomic E-state index is 5.08. The molecule has 3 nitrogen and oxygen atoms in total. The van der Waals surface area contributed by atoms with Crippen molar-refractivity contribution in [3.05, 3.63) is 24.2 Å². The van der Waals surface area contributed by atoms with E-state index in [0.717, 1.165) is 19.5 Å². The Hall–Kier alpha value is -0.800. The van der Waals surface area contributed by atoms with Gasteiger partial charge in [-0.15, -0.1) is 0 Å². The van der Waals surface area contributed by atoms with Crippen LogP contribution < -0.4 is 5.32 Å². The summed E-state index contributed by atoms with van der Waals surface area (Å²) in [6, 6.07) is 2.55. The highest BCUT2D eigenvalue weighted by atomic mass is 16.3. The van der Waals surface area contributed by atoms with Crippen LogP contribution in [0, 0.1) is 0 Å². The minimum atomic E-state index is 0.512. The molecule has 0 amide bonds. The molecule has 0 spiro atoms. The molecule has 0 saturated heterocycles. The Morgan fingerprint density at radius 1 is 1.47 bits per heavy atom. The number of hydrogen-bond donors (Lipinski definition) is 1. The molecule has 15 heavy (non-hydrogen) atoms. The van der Waals surface area contributed by atoms with Gasteiger partial charge in [-0.2, -0.15) is 0 Å². The van der Waals surface area contributed by atoms with E-state index in [2.05, 4.69) is 31.2 Å². The predicted molar refractivity (Wildman–Crippen MR) is 63.0 cm³/mol. The molecule has 1 aromatic heterocycles. The second kappa shape index (κ2) is 6.64. The molecule has 0 aromatic carbocycles. The molecule has 0 saturated carbocycles. The van der Waals surface area contributed by atoms with Crippen molar-refractivity contribution in [2.75, 3.05) is 27.2 Å². The number of likely N-dealkylation sites (N-methyl/N-ethyl adjacent to an activating group) is 1. The maximum atomic E-state index is 5.08. The molecular weight excluding hydrogens is 188 g/mol. The average molecular weight is 210 g/mol. The first kappa shape index (κ1) is 12.3. The van der Waals surface area contributed by atoms with Crippen molar-refractivity contribution in [2.45, 2.75) is 25.8 Å². The first-order valence-electron chi connectivity index (χ1n) is 5.61. The van der Waals surface area contributed by atoms with E-state index in [4.69, 9.17) is 4.42 Å². The van der Waals surface area contributed by atoms with Gasteiger partial charge in [-0.3, -0.25) is 0 Å². The zero-order chi connectivity index (χ0) is 11.1. The van der Waals surface area contributed by atoms with Gasteiger partial charge in [0.15, 0.2) is 0 Å². The molecule has 3 heteroatoms. The standard InChI is InChI=1S/C12H22N2O/c1-4-6-13-12(9-14(2)3)8-11-5-7-15-10-11/h5,7,10,12-13H,4,6,8-9H2,1-3H3. The number of hydrogen-bond acceptors (Lipinski definition) is 3. The van der Waals surface area contributed by atoms with Gasteiger partial charge in [0.05, 0.1) is 12.5 Å². The predicted octanol–water partition coefficient (Wildman–Crippen LogP) is 1.75. The monoisotopic (exact) mass is 210 g/mol. The lowest BCUT2D eigenvalue weighted by Gasteiger charge is -2.21. The molecule has 1 aromatic rings. The van der Waals surface area contributed by atoms with Gasteiger partial charge in [-0.1, -0.05) is 6.92 Å². The van der Waals surface area contributed by atoms with Crippen LogP contribution >= 0.6 is 0 Å². The lowest BCUT2D eigenvalue weighted by atomic mass is 10.1. The van der Waals surface area contributed by atoms with Crippen molar-refractivity contribution in [3.63, 3.8) is 0 Å². The Morgan fingerprint density at radius 3 is 2.80 bits per heavy atom. The summed E-state index contributed by atoms with van der Waals surface area (Å²) < 4.78 is 5.08. The van der Waals surface area contributed by atoms with Gasteiger partial charge in [-0.05, 0) is 45.1 Å². The summed E-state index contributed by atoms with van der Waals surface area (Å²) in [5.74, 6) is 0. The molecule has 0 aliphatic carbocycles. The first-order valence-corrected chi connectivity index (χ1v) is 5.61. The Morgan fingerprint density at radius 2 is 2.27 bits per heavy atom. The highest BCUT2D eigenvalue weighted by molar-refractivity contribution is 5.07. The van der Waals surface area contributed by atoms with E-state index in [1.54, 1.807) is 6.26 Å². The molecule has 1 atom stereocenters. The molecule has 0 radical (unpaired) electrons. The summed E-state index contributed by atoms with van der Waals surface area (Å²) in [4.78, 5) is 2.22. The van der Waals surface area contributed by atoms with Crippen molar-refractivity contribution in [2.24, 2.45) is 0 Å². The summed E-state index contributed by atoms with van der Waals surface area (Å²) in [6.45, 7) is 4.33. The normalized spacial score (nSPS) is 13.3. The van der Waals surface area contributed by atoms with Crippen LogP contribution in [0.25, 0.3) is 0 Å². The third kappa shape index (κ3) is 5.00. The Balaban J connectivity index is 2.41. The lowest BCUT2D eigenvalue weighted by molar-refractivity contribution is 0.335. The fourth-order valence-electron chi connectivity index (χ4n) is 1.68. The molecule has 1 N–H and O–H groups in total. The van der Waals surface area contributed by atoms with Gasteiger partial charge in [0.25, 0.3) is 0 Å². The summed E-state index contributed by atoms with van der Waals surface area (Å²) in [7, 11) is 4.21. The molecule has 0 aliphatic heterocycles. The van der Waals surface area contributed by atoms with Crippen LogP contribution in [0.2, 0.25) is 0 Å². The number of nitrogens with zero attached hydrogens (tertiary/aromatic N) is 1. The molecule has 0 fully saturated rings. The van der Waals surface area contributed by atoms with Crippen LogP contribution in [0.5, 0.6) is 0 Å². The molecule has 1 rings (SSSR count). The van der Waals surface area contributed by atoms with Crippen LogP contribution in [0.15, 0.2) is 23.0 Å². The zero-order valence-corrected chi connectivity index (χ0v) is 9.99. The van der Waals surface area contributed by atoms with E-state index in [9.17, 15) is 0 Å². The molecule has 1 unspecified atom stereocenters. The maximum Gasteiger partial charge on any atom is 0.0935 e. The van der Waals surface area contributed by atoms with E-state index in [0.29, 0.717) is 6.04 Å². The van der Waals surface area contributed by atoms with Crippen LogP contribution in [-0.2, 0) is 6.42 Å². The van der Waals surface area contributed by atoms with Crippen LogP contribution in [0.1, 0.15) is 18.9 Å².